The molecule has 1 aromatic rings. The zero-order valence-electron chi connectivity index (χ0n) is 28.4. The molecule has 0 radical (unpaired) electrons. The third-order valence-electron chi connectivity index (χ3n) is 9.46. The summed E-state index contributed by atoms with van der Waals surface area (Å²) in [5, 5.41) is 35.7. The molecule has 1 saturated carbocycles. The summed E-state index contributed by atoms with van der Waals surface area (Å²) in [5.74, 6) is -1.81. The predicted octanol–water partition coefficient (Wildman–Crippen LogP) is 1.41. The number of amides is 4. The number of primary amides is 1. The van der Waals surface area contributed by atoms with E-state index in [-0.39, 0.29) is 38.3 Å². The lowest BCUT2D eigenvalue weighted by Crippen LogP contribution is -2.64. The van der Waals surface area contributed by atoms with Crippen LogP contribution in [0.15, 0.2) is 6.20 Å². The van der Waals surface area contributed by atoms with Crippen molar-refractivity contribution in [2.24, 2.45) is 11.7 Å². The van der Waals surface area contributed by atoms with Gasteiger partial charge in [0.15, 0.2) is 6.10 Å². The van der Waals surface area contributed by atoms with Crippen LogP contribution in [-0.4, -0.2) is 103 Å². The Labute approximate surface area is 276 Å². The maximum atomic E-state index is 14.5. The predicted molar refractivity (Wildman–Crippen MR) is 170 cm³/mol. The summed E-state index contributed by atoms with van der Waals surface area (Å²) >= 11 is 0. The number of carbonyl (C=O) groups is 4. The Morgan fingerprint density at radius 1 is 1.11 bits per heavy atom. The van der Waals surface area contributed by atoms with Crippen LogP contribution in [0, 0.1) is 5.92 Å². The van der Waals surface area contributed by atoms with Crippen LogP contribution in [-0.2, 0) is 29.5 Å². The first-order valence-corrected chi connectivity index (χ1v) is 16.8. The fraction of sp³-hybridized carbons (Fsp3) is 0.812. The number of aliphatic hydroxyl groups is 2. The van der Waals surface area contributed by atoms with Crippen LogP contribution in [0.5, 0.6) is 0 Å². The van der Waals surface area contributed by atoms with E-state index in [0.29, 0.717) is 25.1 Å². The first-order valence-electron chi connectivity index (χ1n) is 16.8. The molecule has 264 valence electrons. The molecule has 5 atom stereocenters. The van der Waals surface area contributed by atoms with Crippen LogP contribution >= 0.6 is 0 Å². The van der Waals surface area contributed by atoms with Gasteiger partial charge < -0.3 is 41.0 Å². The number of carbonyl (C=O) groups excluding carboxylic acids is 4. The number of likely N-dealkylation sites (tertiary alicyclic amines) is 1. The lowest BCUT2D eigenvalue weighted by Gasteiger charge is -2.38. The Kier molecular flexibility index (Phi) is 11.5. The van der Waals surface area contributed by atoms with Crippen molar-refractivity contribution >= 4 is 23.8 Å². The lowest BCUT2D eigenvalue weighted by molar-refractivity contribution is -0.143. The fourth-order valence-electron chi connectivity index (χ4n) is 7.10. The minimum absolute atomic E-state index is 0.0367. The number of aliphatic hydroxyl groups excluding tert-OH is 1. The molecule has 4 rings (SSSR count). The molecular formula is C32H53N7O8. The quantitative estimate of drug-likeness (QED) is 0.243. The molecule has 3 aliphatic rings. The van der Waals surface area contributed by atoms with E-state index >= 15 is 0 Å². The van der Waals surface area contributed by atoms with E-state index in [1.165, 1.54) is 15.8 Å². The highest BCUT2D eigenvalue weighted by Gasteiger charge is 2.49. The summed E-state index contributed by atoms with van der Waals surface area (Å²) in [6, 6.07) is -2.59. The fourth-order valence-corrected chi connectivity index (χ4v) is 7.10. The van der Waals surface area contributed by atoms with Crippen molar-refractivity contribution in [3.05, 3.63) is 11.9 Å². The molecule has 2 saturated heterocycles. The van der Waals surface area contributed by atoms with Gasteiger partial charge in [-0.05, 0) is 66.2 Å². The summed E-state index contributed by atoms with van der Waals surface area (Å²) in [6.45, 7) is 9.03. The SMILES string of the molecule is CC(C)(C)OC(=O)N[C@H](CC1CCCCC1)C(=O)N1C[C@@H](n2nncc2C(C)(C)O)C[C@H]1C(=O)NC1(C(O)C(N)=O)CCCOCC1. The number of nitrogens with one attached hydrogen (secondary N) is 2. The molecule has 15 nitrogen and oxygen atoms in total. The molecule has 0 bridgehead atoms. The molecule has 6 N–H and O–H groups in total. The Balaban J connectivity index is 1.69. The van der Waals surface area contributed by atoms with Crippen molar-refractivity contribution in [3.8, 4) is 0 Å². The largest absolute Gasteiger partial charge is 0.444 e. The van der Waals surface area contributed by atoms with Crippen LogP contribution in [0.2, 0.25) is 0 Å². The molecule has 15 heteroatoms. The molecule has 2 unspecified atom stereocenters. The number of hydrogen-bond acceptors (Lipinski definition) is 10. The van der Waals surface area contributed by atoms with Crippen LogP contribution in [0.1, 0.15) is 111 Å². The topological polar surface area (TPSA) is 211 Å². The van der Waals surface area contributed by atoms with Gasteiger partial charge in [0.25, 0.3) is 0 Å². The van der Waals surface area contributed by atoms with Crippen molar-refractivity contribution in [1.29, 1.82) is 0 Å². The zero-order chi connectivity index (χ0) is 34.6. The molecule has 3 fully saturated rings. The highest BCUT2D eigenvalue weighted by molar-refractivity contribution is 5.93. The lowest BCUT2D eigenvalue weighted by atomic mass is 9.83. The van der Waals surface area contributed by atoms with Crippen molar-refractivity contribution in [3.63, 3.8) is 0 Å². The highest BCUT2D eigenvalue weighted by Crippen LogP contribution is 2.35. The number of alkyl carbamates (subject to hydrolysis) is 1. The summed E-state index contributed by atoms with van der Waals surface area (Å²) < 4.78 is 12.6. The van der Waals surface area contributed by atoms with Gasteiger partial charge in [-0.3, -0.25) is 14.4 Å². The number of nitrogens with zero attached hydrogens (tertiary/aromatic N) is 4. The number of ether oxygens (including phenoxy) is 2. The number of nitrogens with two attached hydrogens (primary N) is 1. The molecule has 47 heavy (non-hydrogen) atoms. The van der Waals surface area contributed by atoms with E-state index < -0.39 is 64.8 Å². The van der Waals surface area contributed by atoms with E-state index in [9.17, 15) is 29.4 Å². The first-order chi connectivity index (χ1) is 22.0. The molecule has 3 heterocycles. The first kappa shape index (κ1) is 36.5. The summed E-state index contributed by atoms with van der Waals surface area (Å²) in [4.78, 5) is 55.5. The van der Waals surface area contributed by atoms with Crippen molar-refractivity contribution in [2.75, 3.05) is 19.8 Å². The van der Waals surface area contributed by atoms with Gasteiger partial charge in [-0.25, -0.2) is 9.48 Å². The molecule has 0 aromatic carbocycles. The molecule has 4 amide bonds. The standard InChI is InChI=1S/C32H53N7O8/c1-30(2,3)47-29(44)35-22(16-20-10-7-6-8-11-20)28(43)38-19-21(39-24(18-34-37-39)31(4,5)45)17-23(38)27(42)36-32(25(40)26(33)41)12-9-14-46-15-13-32/h18,20-23,25,40,45H,6-17,19H2,1-5H3,(H2,33,41)(H,35,44)(H,36,42)/t21-,22+,23-,25?,32?/m0/s1. The molecule has 1 aliphatic carbocycles. The highest BCUT2D eigenvalue weighted by atomic mass is 16.6. The van der Waals surface area contributed by atoms with Crippen LogP contribution in [0.3, 0.4) is 0 Å². The number of rotatable bonds is 10. The minimum atomic E-state index is -1.68. The smallest absolute Gasteiger partial charge is 0.408 e. The molecule has 2 aliphatic heterocycles. The van der Waals surface area contributed by atoms with E-state index in [1.54, 1.807) is 34.6 Å². The van der Waals surface area contributed by atoms with Gasteiger partial charge in [-0.15, -0.1) is 5.10 Å². The van der Waals surface area contributed by atoms with Crippen LogP contribution < -0.4 is 16.4 Å². The summed E-state index contributed by atoms with van der Waals surface area (Å²) in [7, 11) is 0. The van der Waals surface area contributed by atoms with Gasteiger partial charge in [0, 0.05) is 26.2 Å². The van der Waals surface area contributed by atoms with Crippen molar-refractivity contribution < 1.29 is 38.9 Å². The zero-order valence-corrected chi connectivity index (χ0v) is 28.4. The Hall–Kier alpha value is -3.30. The Morgan fingerprint density at radius 2 is 1.81 bits per heavy atom. The molecule has 0 spiro atoms. The number of hydrogen-bond donors (Lipinski definition) is 5. The van der Waals surface area contributed by atoms with Crippen molar-refractivity contribution in [1.82, 2.24) is 30.5 Å². The van der Waals surface area contributed by atoms with Gasteiger partial charge in [0.2, 0.25) is 17.7 Å². The van der Waals surface area contributed by atoms with Crippen LogP contribution in [0.25, 0.3) is 0 Å². The molecule has 1 aromatic heterocycles. The molecular weight excluding hydrogens is 610 g/mol. The van der Waals surface area contributed by atoms with E-state index in [0.717, 1.165) is 32.1 Å². The monoisotopic (exact) mass is 663 g/mol. The van der Waals surface area contributed by atoms with Gasteiger partial charge in [-0.1, -0.05) is 37.3 Å². The third kappa shape index (κ3) is 9.20. The maximum absolute atomic E-state index is 14.5. The average Bonchev–Trinajstić information content (AvgIpc) is 3.59. The normalized spacial score (nSPS) is 25.8. The Morgan fingerprint density at radius 3 is 2.45 bits per heavy atom. The van der Waals surface area contributed by atoms with Gasteiger partial charge in [0.05, 0.1) is 23.5 Å². The van der Waals surface area contributed by atoms with Gasteiger partial charge >= 0.3 is 6.09 Å². The number of aromatic nitrogens is 3. The van der Waals surface area contributed by atoms with E-state index in [2.05, 4.69) is 20.9 Å². The Bertz CT molecular complexity index is 1260. The summed E-state index contributed by atoms with van der Waals surface area (Å²) in [5.41, 5.74) is 2.44. The maximum Gasteiger partial charge on any atom is 0.408 e. The second-order valence-electron chi connectivity index (χ2n) is 14.9. The van der Waals surface area contributed by atoms with E-state index in [4.69, 9.17) is 15.2 Å². The minimum Gasteiger partial charge on any atom is -0.444 e. The van der Waals surface area contributed by atoms with Gasteiger partial charge in [0.1, 0.15) is 23.3 Å². The average molecular weight is 664 g/mol. The van der Waals surface area contributed by atoms with E-state index in [1.807, 2.05) is 0 Å². The van der Waals surface area contributed by atoms with Crippen LogP contribution in [0.4, 0.5) is 4.79 Å². The van der Waals surface area contributed by atoms with Gasteiger partial charge in [-0.2, -0.15) is 0 Å². The summed E-state index contributed by atoms with van der Waals surface area (Å²) in [6.07, 6.45) is 5.42. The second-order valence-corrected chi connectivity index (χ2v) is 14.9. The second kappa shape index (κ2) is 14.9. The van der Waals surface area contributed by atoms with Crippen molar-refractivity contribution in [2.45, 2.75) is 140 Å². The third-order valence-corrected chi connectivity index (χ3v) is 9.46.